The van der Waals surface area contributed by atoms with E-state index in [9.17, 15) is 9.18 Å². The number of amides is 1. The Hall–Kier alpha value is -2.48. The van der Waals surface area contributed by atoms with E-state index in [0.29, 0.717) is 23.5 Å². The van der Waals surface area contributed by atoms with Crippen LogP contribution in [0, 0.1) is 18.2 Å². The van der Waals surface area contributed by atoms with Crippen molar-refractivity contribution in [2.75, 3.05) is 26.9 Å². The molecule has 1 saturated carbocycles. The van der Waals surface area contributed by atoms with E-state index in [1.54, 1.807) is 0 Å². The minimum absolute atomic E-state index is 0.0356. The van der Waals surface area contributed by atoms with Crippen molar-refractivity contribution in [1.82, 2.24) is 5.32 Å². The summed E-state index contributed by atoms with van der Waals surface area (Å²) < 4.78 is 23.4. The van der Waals surface area contributed by atoms with Gasteiger partial charge in [-0.2, -0.15) is 0 Å². The van der Waals surface area contributed by atoms with Gasteiger partial charge in [0.25, 0.3) is 0 Å². The molecule has 0 spiro atoms. The number of nitrogens with two attached hydrogens (primary N) is 1. The number of hydrogen-bond acceptors (Lipinski definition) is 5. The molecule has 0 atom stereocenters. The van der Waals surface area contributed by atoms with Crippen molar-refractivity contribution in [3.05, 3.63) is 64.4 Å². The molecule has 3 N–H and O–H groups in total. The van der Waals surface area contributed by atoms with Gasteiger partial charge in [-0.25, -0.2) is 4.39 Å². The molecule has 182 valence electrons. The van der Waals surface area contributed by atoms with Crippen LogP contribution < -0.4 is 15.8 Å². The number of carbonyl (C=O) groups excluding carboxylic acids is 2. The monoisotopic (exact) mass is 480 g/mol. The van der Waals surface area contributed by atoms with Crippen LogP contribution >= 0.6 is 11.6 Å². The van der Waals surface area contributed by atoms with E-state index in [2.05, 4.69) is 49.2 Å². The van der Waals surface area contributed by atoms with Gasteiger partial charge in [-0.05, 0) is 56.3 Å². The van der Waals surface area contributed by atoms with Crippen LogP contribution in [0.2, 0.25) is 5.02 Å². The van der Waals surface area contributed by atoms with Crippen LogP contribution in [-0.4, -0.2) is 45.6 Å². The number of primary amides is 1. The van der Waals surface area contributed by atoms with Gasteiger partial charge in [0.15, 0.2) is 6.29 Å². The second-order valence-electron chi connectivity index (χ2n) is 8.18. The normalized spacial score (nSPS) is 18.5. The Labute approximate surface area is 200 Å². The Kier molecular flexibility index (Phi) is 13.3. The fraction of sp³-hybridized carbons (Fsp3) is 0.440. The third-order valence-corrected chi connectivity index (χ3v) is 5.51. The van der Waals surface area contributed by atoms with Gasteiger partial charge in [0.2, 0.25) is 6.41 Å². The lowest BCUT2D eigenvalue weighted by Crippen LogP contribution is -2.48. The molecule has 0 radical (unpaired) electrons. The third kappa shape index (κ3) is 11.3. The van der Waals surface area contributed by atoms with E-state index in [1.165, 1.54) is 36.1 Å². The molecule has 0 aliphatic heterocycles. The summed E-state index contributed by atoms with van der Waals surface area (Å²) in [7, 11) is 2.04. The number of rotatable bonds is 9. The molecule has 0 unspecified atom stereocenters. The first-order valence-corrected chi connectivity index (χ1v) is 11.1. The van der Waals surface area contributed by atoms with Crippen LogP contribution in [0.1, 0.15) is 30.9 Å². The maximum atomic E-state index is 12.7. The standard InChI is InChI=1S/C16H25NO.C8H6ClFO2.CH3NO/c1-13-4-6-14(7-5-13)8-9-18-12-16(2)10-15(11-16)17-3;9-7-2-1-6(5-8(7)10)12-4-3-11;2-1-3/h4-7,15,17H,8-12H2,1-3H3;1-3,5H,4H2;1H,(H2,2,3). The Bertz CT molecular complexity index is 843. The van der Waals surface area contributed by atoms with Gasteiger partial charge in [0.05, 0.1) is 18.2 Å². The number of nitrogens with one attached hydrogen (secondary N) is 1. The van der Waals surface area contributed by atoms with Crippen molar-refractivity contribution in [2.45, 2.75) is 39.2 Å². The lowest BCUT2D eigenvalue weighted by atomic mass is 9.67. The van der Waals surface area contributed by atoms with Crippen LogP contribution in [0.15, 0.2) is 42.5 Å². The molecule has 0 bridgehead atoms. The summed E-state index contributed by atoms with van der Waals surface area (Å²) in [6.45, 7) is 6.10. The zero-order chi connectivity index (χ0) is 24.7. The number of carbonyl (C=O) groups is 2. The van der Waals surface area contributed by atoms with Crippen molar-refractivity contribution in [1.29, 1.82) is 0 Å². The third-order valence-electron chi connectivity index (χ3n) is 5.20. The first kappa shape index (κ1) is 28.6. The number of halogens is 2. The summed E-state index contributed by atoms with van der Waals surface area (Å²) in [6.07, 6.45) is 4.35. The summed E-state index contributed by atoms with van der Waals surface area (Å²) in [6, 6.07) is 13.4. The first-order chi connectivity index (χ1) is 15.8. The average molecular weight is 481 g/mol. The molecule has 0 aromatic heterocycles. The number of aldehydes is 1. The van der Waals surface area contributed by atoms with E-state index < -0.39 is 5.82 Å². The van der Waals surface area contributed by atoms with Crippen molar-refractivity contribution in [2.24, 2.45) is 11.1 Å². The average Bonchev–Trinajstić information content (AvgIpc) is 2.78. The maximum absolute atomic E-state index is 12.7. The van der Waals surface area contributed by atoms with Crippen molar-refractivity contribution >= 4 is 24.3 Å². The first-order valence-electron chi connectivity index (χ1n) is 10.7. The molecule has 3 rings (SSSR count). The highest BCUT2D eigenvalue weighted by atomic mass is 35.5. The molecule has 0 heterocycles. The number of aryl methyl sites for hydroxylation is 1. The second-order valence-corrected chi connectivity index (χ2v) is 8.59. The molecule has 1 aliphatic rings. The molecular weight excluding hydrogens is 447 g/mol. The predicted molar refractivity (Wildman–Crippen MR) is 129 cm³/mol. The lowest BCUT2D eigenvalue weighted by Gasteiger charge is -2.45. The lowest BCUT2D eigenvalue weighted by molar-refractivity contribution is -0.109. The molecule has 6 nitrogen and oxygen atoms in total. The molecule has 2 aromatic carbocycles. The number of benzene rings is 2. The predicted octanol–water partition coefficient (Wildman–Crippen LogP) is 4.10. The quantitative estimate of drug-likeness (QED) is 0.416. The number of ether oxygens (including phenoxy) is 2. The molecule has 33 heavy (non-hydrogen) atoms. The van der Waals surface area contributed by atoms with E-state index >= 15 is 0 Å². The van der Waals surface area contributed by atoms with Crippen molar-refractivity contribution < 1.29 is 23.5 Å². The Morgan fingerprint density at radius 2 is 1.85 bits per heavy atom. The van der Waals surface area contributed by atoms with Gasteiger partial charge in [-0.3, -0.25) is 9.59 Å². The van der Waals surface area contributed by atoms with Gasteiger partial charge in [-0.1, -0.05) is 48.4 Å². The highest BCUT2D eigenvalue weighted by molar-refractivity contribution is 6.30. The fourth-order valence-electron chi connectivity index (χ4n) is 3.41. The number of hydrogen-bond donors (Lipinski definition) is 2. The molecule has 8 heteroatoms. The smallest absolute Gasteiger partial charge is 0.204 e. The van der Waals surface area contributed by atoms with Crippen LogP contribution in [0.3, 0.4) is 0 Å². The van der Waals surface area contributed by atoms with Gasteiger partial charge in [0, 0.05) is 12.1 Å². The zero-order valence-corrected chi connectivity index (χ0v) is 20.2. The Morgan fingerprint density at radius 3 is 2.39 bits per heavy atom. The Morgan fingerprint density at radius 1 is 1.21 bits per heavy atom. The van der Waals surface area contributed by atoms with Gasteiger partial charge < -0.3 is 20.5 Å². The van der Waals surface area contributed by atoms with Crippen LogP contribution in [0.4, 0.5) is 4.39 Å². The summed E-state index contributed by atoms with van der Waals surface area (Å²) in [4.78, 5) is 18.5. The van der Waals surface area contributed by atoms with Crippen molar-refractivity contribution in [3.8, 4) is 5.75 Å². The van der Waals surface area contributed by atoms with Gasteiger partial charge >= 0.3 is 0 Å². The minimum atomic E-state index is -0.555. The molecule has 2 aromatic rings. The van der Waals surface area contributed by atoms with E-state index in [0.717, 1.165) is 25.7 Å². The molecule has 1 fully saturated rings. The molecule has 1 aliphatic carbocycles. The van der Waals surface area contributed by atoms with E-state index in [-0.39, 0.29) is 18.0 Å². The molecular formula is C25H34ClFN2O4. The largest absolute Gasteiger partial charge is 0.486 e. The topological polar surface area (TPSA) is 90.6 Å². The van der Waals surface area contributed by atoms with E-state index in [1.807, 2.05) is 7.05 Å². The zero-order valence-electron chi connectivity index (χ0n) is 19.5. The Balaban J connectivity index is 0.000000314. The van der Waals surface area contributed by atoms with Gasteiger partial charge in [0.1, 0.15) is 18.2 Å². The van der Waals surface area contributed by atoms with Crippen LogP contribution in [0.25, 0.3) is 0 Å². The summed E-state index contributed by atoms with van der Waals surface area (Å²) in [5.41, 5.74) is 7.26. The summed E-state index contributed by atoms with van der Waals surface area (Å²) in [5, 5.41) is 3.36. The summed E-state index contributed by atoms with van der Waals surface area (Å²) in [5.74, 6) is -0.260. The van der Waals surface area contributed by atoms with Gasteiger partial charge in [-0.15, -0.1) is 0 Å². The van der Waals surface area contributed by atoms with E-state index in [4.69, 9.17) is 25.9 Å². The highest BCUT2D eigenvalue weighted by Gasteiger charge is 2.39. The van der Waals surface area contributed by atoms with Crippen molar-refractivity contribution in [3.63, 3.8) is 0 Å². The molecule has 1 amide bonds. The minimum Gasteiger partial charge on any atom is -0.486 e. The fourth-order valence-corrected chi connectivity index (χ4v) is 3.53. The molecule has 0 saturated heterocycles. The maximum Gasteiger partial charge on any atom is 0.204 e. The van der Waals surface area contributed by atoms with Crippen LogP contribution in [-0.2, 0) is 20.7 Å². The summed E-state index contributed by atoms with van der Waals surface area (Å²) >= 11 is 5.41. The second kappa shape index (κ2) is 15.4. The SMILES string of the molecule is CNC1CC(C)(COCCc2ccc(C)cc2)C1.NC=O.O=CCOc1ccc(Cl)c(F)c1. The highest BCUT2D eigenvalue weighted by Crippen LogP contribution is 2.40. The van der Waals surface area contributed by atoms with Crippen LogP contribution in [0.5, 0.6) is 5.75 Å².